The molecule has 0 nitrogen and oxygen atoms in total. The molecule has 0 bridgehead atoms. The van der Waals surface area contributed by atoms with Gasteiger partial charge in [0.1, 0.15) is 0 Å². The molecule has 0 saturated heterocycles. The third kappa shape index (κ3) is 8.48. The average Bonchev–Trinajstić information content (AvgIpc) is 3.33. The molecule has 0 spiro atoms. The summed E-state index contributed by atoms with van der Waals surface area (Å²) < 4.78 is 1.51. The number of aryl methyl sites for hydroxylation is 2. The Morgan fingerprint density at radius 1 is 0.875 bits per heavy atom. The largest absolute Gasteiger partial charge is 1.00 e. The normalized spacial score (nSPS) is 10.6. The van der Waals surface area contributed by atoms with Crippen molar-refractivity contribution in [1.29, 1.82) is 0 Å². The number of fused-ring (bicyclic) bond motifs is 3. The van der Waals surface area contributed by atoms with Gasteiger partial charge in [-0.1, -0.05) is 46.8 Å². The molecule has 3 aromatic carbocycles. The fraction of sp³-hybridized carbons (Fsp3) is 0.379. The first kappa shape index (κ1) is 31.1. The van der Waals surface area contributed by atoms with Gasteiger partial charge < -0.3 is 24.8 Å². The third-order valence-electron chi connectivity index (χ3n) is 5.39. The maximum absolute atomic E-state index is 3.60. The average molecular weight is 547 g/mol. The van der Waals surface area contributed by atoms with Crippen molar-refractivity contribution in [3.63, 3.8) is 0 Å². The van der Waals surface area contributed by atoms with E-state index in [0.29, 0.717) is 11.8 Å². The summed E-state index contributed by atoms with van der Waals surface area (Å²) in [5.41, 5.74) is 11.5. The summed E-state index contributed by atoms with van der Waals surface area (Å²) in [7, 11) is 0. The zero-order valence-electron chi connectivity index (χ0n) is 20.7. The molecule has 0 aromatic heterocycles. The SMILES string of the molecule is C[C](C)=[Zr+2].Cc1[c-]c(C(C)C)cc2c1Cc1c(C)cc(C(C)C)cc1-2.[Cl-].[Cl-].c1cc[cH-]c1. The number of halogens is 2. The summed E-state index contributed by atoms with van der Waals surface area (Å²) in [6, 6.07) is 20.8. The van der Waals surface area contributed by atoms with Crippen molar-refractivity contribution >= 4 is 3.21 Å². The maximum atomic E-state index is 3.60. The van der Waals surface area contributed by atoms with Crippen LogP contribution < -0.4 is 24.8 Å². The summed E-state index contributed by atoms with van der Waals surface area (Å²) in [5, 5.41) is 0. The molecule has 1 aliphatic rings. The van der Waals surface area contributed by atoms with Gasteiger partial charge in [-0.05, 0) is 47.4 Å². The minimum Gasteiger partial charge on any atom is -1.00 e. The van der Waals surface area contributed by atoms with Crippen LogP contribution in [-0.4, -0.2) is 3.21 Å². The molecule has 0 aliphatic heterocycles. The zero-order valence-corrected chi connectivity index (χ0v) is 24.7. The molecule has 172 valence electrons. The predicted molar refractivity (Wildman–Crippen MR) is 130 cm³/mol. The molecule has 0 fully saturated rings. The van der Waals surface area contributed by atoms with E-state index >= 15 is 0 Å². The number of benzene rings is 2. The van der Waals surface area contributed by atoms with Gasteiger partial charge >= 0.3 is 41.3 Å². The van der Waals surface area contributed by atoms with Crippen LogP contribution in [-0.2, 0) is 30.7 Å². The van der Waals surface area contributed by atoms with Crippen molar-refractivity contribution in [3.05, 3.63) is 88.0 Å². The van der Waals surface area contributed by atoms with Gasteiger partial charge in [0.15, 0.2) is 0 Å². The van der Waals surface area contributed by atoms with E-state index in [-0.39, 0.29) is 24.8 Å². The van der Waals surface area contributed by atoms with Gasteiger partial charge in [0, 0.05) is 0 Å². The van der Waals surface area contributed by atoms with Crippen molar-refractivity contribution in [2.45, 2.75) is 73.6 Å². The quantitative estimate of drug-likeness (QED) is 0.338. The first-order chi connectivity index (χ1) is 14.1. The van der Waals surface area contributed by atoms with Crippen LogP contribution in [0.1, 0.15) is 86.8 Å². The predicted octanol–water partition coefficient (Wildman–Crippen LogP) is 2.08. The molecule has 0 atom stereocenters. The van der Waals surface area contributed by atoms with Crippen molar-refractivity contribution in [1.82, 2.24) is 0 Å². The second kappa shape index (κ2) is 14.4. The summed E-state index contributed by atoms with van der Waals surface area (Å²) in [5.74, 6) is 1.12. The molecule has 4 rings (SSSR count). The monoisotopic (exact) mass is 544 g/mol. The van der Waals surface area contributed by atoms with E-state index in [4.69, 9.17) is 0 Å². The minimum atomic E-state index is 0. The van der Waals surface area contributed by atoms with E-state index in [1.807, 2.05) is 30.3 Å². The van der Waals surface area contributed by atoms with Crippen molar-refractivity contribution in [3.8, 4) is 11.1 Å². The standard InChI is InChI=1S/C21H25.C5H5.C3H6.2ClH.Zr/c1-12(2)16-7-14(5)18-11-19-15(6)8-17(13(3)4)10-21(19)20(18)9-16;1-2-4-5-3-1;1-3-2;;;/h7,9-10,12-13H,11H2,1-6H3;1-5H;1-2H3;2*1H;/q2*-1;;;;+2/p-2. The van der Waals surface area contributed by atoms with Crippen molar-refractivity contribution < 1.29 is 49.0 Å². The Kier molecular flexibility index (Phi) is 14.0. The second-order valence-electron chi connectivity index (χ2n) is 9.05. The van der Waals surface area contributed by atoms with Gasteiger partial charge in [0.2, 0.25) is 0 Å². The van der Waals surface area contributed by atoms with Gasteiger partial charge in [-0.25, -0.2) is 12.1 Å². The van der Waals surface area contributed by atoms with Gasteiger partial charge in [0.05, 0.1) is 0 Å². The Balaban J connectivity index is 0.000000739. The molecule has 0 N–H and O–H groups in total. The smallest absolute Gasteiger partial charge is 0.0219 e. The first-order valence-electron chi connectivity index (χ1n) is 11.0. The van der Waals surface area contributed by atoms with Crippen LogP contribution in [0.3, 0.4) is 0 Å². The minimum absolute atomic E-state index is 0. The Bertz CT molecular complexity index is 900. The Hall–Kier alpha value is -0.877. The number of rotatable bonds is 2. The first-order valence-corrected chi connectivity index (χ1v) is 12.2. The van der Waals surface area contributed by atoms with Crippen LogP contribution in [0.15, 0.2) is 48.5 Å². The molecule has 0 unspecified atom stereocenters. The Morgan fingerprint density at radius 2 is 1.41 bits per heavy atom. The van der Waals surface area contributed by atoms with Gasteiger partial charge in [-0.2, -0.15) is 41.5 Å². The van der Waals surface area contributed by atoms with Gasteiger partial charge in [-0.15, -0.1) is 11.1 Å². The fourth-order valence-electron chi connectivity index (χ4n) is 3.70. The molecule has 1 aliphatic carbocycles. The van der Waals surface area contributed by atoms with Gasteiger partial charge in [0.25, 0.3) is 0 Å². The number of hydrogen-bond donors (Lipinski definition) is 0. The summed E-state index contributed by atoms with van der Waals surface area (Å²) in [4.78, 5) is 0. The van der Waals surface area contributed by atoms with Crippen LogP contribution in [0.5, 0.6) is 0 Å². The fourth-order valence-corrected chi connectivity index (χ4v) is 3.70. The van der Waals surface area contributed by atoms with Crippen molar-refractivity contribution in [2.75, 3.05) is 0 Å². The zero-order chi connectivity index (χ0) is 22.4. The van der Waals surface area contributed by atoms with E-state index in [9.17, 15) is 0 Å². The van der Waals surface area contributed by atoms with E-state index in [0.717, 1.165) is 6.42 Å². The van der Waals surface area contributed by atoms with E-state index in [1.54, 1.807) is 24.2 Å². The third-order valence-corrected chi connectivity index (χ3v) is 5.39. The van der Waals surface area contributed by atoms with Crippen LogP contribution in [0.4, 0.5) is 0 Å². The molecular formula is C29H36Cl2Zr-2. The van der Waals surface area contributed by atoms with Crippen LogP contribution in [0.2, 0.25) is 0 Å². The van der Waals surface area contributed by atoms with Crippen LogP contribution in [0, 0.1) is 19.9 Å². The van der Waals surface area contributed by atoms with E-state index in [2.05, 4.69) is 79.7 Å². The van der Waals surface area contributed by atoms with Gasteiger partial charge in [-0.3, -0.25) is 0 Å². The molecule has 32 heavy (non-hydrogen) atoms. The maximum Gasteiger partial charge on any atom is -0.0219 e. The molecular weight excluding hydrogens is 510 g/mol. The molecule has 0 heterocycles. The van der Waals surface area contributed by atoms with Crippen molar-refractivity contribution in [2.24, 2.45) is 0 Å². The Labute approximate surface area is 223 Å². The summed E-state index contributed by atoms with van der Waals surface area (Å²) >= 11 is 1.55. The molecule has 3 aromatic rings. The Morgan fingerprint density at radius 3 is 1.84 bits per heavy atom. The van der Waals surface area contributed by atoms with Crippen LogP contribution in [0.25, 0.3) is 11.1 Å². The van der Waals surface area contributed by atoms with E-state index < -0.39 is 0 Å². The molecule has 0 amide bonds. The second-order valence-corrected chi connectivity index (χ2v) is 11.5. The molecule has 0 radical (unpaired) electrons. The summed E-state index contributed by atoms with van der Waals surface area (Å²) in [6.45, 7) is 17.8. The van der Waals surface area contributed by atoms with Crippen LogP contribution >= 0.6 is 0 Å². The number of hydrogen-bond acceptors (Lipinski definition) is 0. The molecule has 3 heteroatoms. The topological polar surface area (TPSA) is 0 Å². The summed E-state index contributed by atoms with van der Waals surface area (Å²) in [6.07, 6.45) is 1.08. The molecule has 0 saturated carbocycles. The van der Waals surface area contributed by atoms with E-state index in [1.165, 1.54) is 47.7 Å².